The van der Waals surface area contributed by atoms with Crippen LogP contribution < -0.4 is 16.8 Å². The first-order valence-corrected chi connectivity index (χ1v) is 10.2. The molecule has 1 unspecified atom stereocenters. The van der Waals surface area contributed by atoms with Crippen LogP contribution in [0.15, 0.2) is 35.5 Å². The molecule has 0 aliphatic carbocycles. The quantitative estimate of drug-likeness (QED) is 0.248. The van der Waals surface area contributed by atoms with Gasteiger partial charge in [0.1, 0.15) is 11.6 Å². The Labute approximate surface area is 179 Å². The number of anilines is 3. The van der Waals surface area contributed by atoms with Crippen LogP contribution in [0.2, 0.25) is 0 Å². The average molecular weight is 426 g/mol. The predicted octanol–water partition coefficient (Wildman–Crippen LogP) is 3.50. The van der Waals surface area contributed by atoms with E-state index < -0.39 is 16.8 Å². The Morgan fingerprint density at radius 1 is 1.26 bits per heavy atom. The van der Waals surface area contributed by atoms with E-state index in [1.165, 1.54) is 12.1 Å². The average Bonchev–Trinajstić information content (AvgIpc) is 2.72. The number of nitro groups is 1. The first-order valence-electron chi connectivity index (χ1n) is 10.2. The number of nitrogens with zero attached hydrogens (tertiary/aromatic N) is 3. The van der Waals surface area contributed by atoms with E-state index in [1.807, 2.05) is 0 Å². The van der Waals surface area contributed by atoms with E-state index >= 15 is 0 Å². The Kier molecular flexibility index (Phi) is 6.68. The van der Waals surface area contributed by atoms with Crippen molar-refractivity contribution in [1.82, 2.24) is 9.97 Å². The lowest BCUT2D eigenvalue weighted by Crippen LogP contribution is -2.27. The number of ether oxygens (including phenoxy) is 1. The van der Waals surface area contributed by atoms with Crippen molar-refractivity contribution in [2.45, 2.75) is 45.4 Å². The number of aromatic nitrogens is 2. The fourth-order valence-electron chi connectivity index (χ4n) is 3.68. The summed E-state index contributed by atoms with van der Waals surface area (Å²) in [6, 6.07) is 6.06. The van der Waals surface area contributed by atoms with Gasteiger partial charge in [-0.2, -0.15) is 9.97 Å². The van der Waals surface area contributed by atoms with Crippen molar-refractivity contribution in [2.24, 2.45) is 0 Å². The second-order valence-electron chi connectivity index (χ2n) is 7.37. The molecule has 1 aromatic carbocycles. The molecule has 2 aromatic rings. The van der Waals surface area contributed by atoms with E-state index in [0.717, 1.165) is 25.7 Å². The monoisotopic (exact) mass is 426 g/mol. The number of non-ortho nitro benzene ring substituents is 1. The van der Waals surface area contributed by atoms with Gasteiger partial charge in [-0.25, -0.2) is 4.79 Å². The van der Waals surface area contributed by atoms with Gasteiger partial charge in [0.25, 0.3) is 5.69 Å². The molecular weight excluding hydrogens is 400 g/mol. The number of nitro benzene ring substituents is 1. The molecule has 10 heteroatoms. The van der Waals surface area contributed by atoms with Gasteiger partial charge in [-0.1, -0.05) is 38.3 Å². The summed E-state index contributed by atoms with van der Waals surface area (Å²) in [5.74, 6) is -0.818. The molecule has 164 valence electrons. The fraction of sp³-hybridized carbons (Fsp3) is 0.381. The molecular formula is C21H26N6O4. The summed E-state index contributed by atoms with van der Waals surface area (Å²) in [5, 5.41) is 14.4. The molecule has 0 saturated heterocycles. The molecule has 1 aliphatic heterocycles. The molecule has 0 spiro atoms. The predicted molar refractivity (Wildman–Crippen MR) is 117 cm³/mol. The molecule has 1 atom stereocenters. The molecule has 1 aliphatic rings. The molecule has 0 fully saturated rings. The Morgan fingerprint density at radius 2 is 2.03 bits per heavy atom. The zero-order valence-electron chi connectivity index (χ0n) is 17.6. The Morgan fingerprint density at radius 3 is 2.74 bits per heavy atom. The highest BCUT2D eigenvalue weighted by Crippen LogP contribution is 2.44. The van der Waals surface area contributed by atoms with Gasteiger partial charge in [-0.05, 0) is 18.9 Å². The van der Waals surface area contributed by atoms with Crippen LogP contribution in [0.4, 0.5) is 23.3 Å². The molecule has 5 N–H and O–H groups in total. The molecule has 0 radical (unpaired) electrons. The highest BCUT2D eigenvalue weighted by Gasteiger charge is 2.36. The molecule has 0 saturated carbocycles. The number of fused-ring (bicyclic) bond motifs is 1. The van der Waals surface area contributed by atoms with Crippen LogP contribution in [0.3, 0.4) is 0 Å². The number of nitrogens with two attached hydrogens (primary N) is 2. The van der Waals surface area contributed by atoms with Crippen molar-refractivity contribution in [2.75, 3.05) is 23.4 Å². The van der Waals surface area contributed by atoms with Crippen molar-refractivity contribution < 1.29 is 14.5 Å². The van der Waals surface area contributed by atoms with E-state index in [1.54, 1.807) is 19.1 Å². The third-order valence-corrected chi connectivity index (χ3v) is 5.15. The minimum atomic E-state index is -0.736. The standard InChI is InChI=1S/C21H26N6O4/c1-3-4-5-6-10-31-20(28)15-12(2)24-19-17(18(22)25-21(23)26-19)16(15)13-8-7-9-14(11-13)27(29)30/h7-9,11,16H,3-6,10H2,1-2H3,(H5,22,23,24,25,26). The van der Waals surface area contributed by atoms with E-state index in [4.69, 9.17) is 16.2 Å². The van der Waals surface area contributed by atoms with Gasteiger partial charge in [0.2, 0.25) is 5.95 Å². The third kappa shape index (κ3) is 4.73. The molecule has 0 bridgehead atoms. The smallest absolute Gasteiger partial charge is 0.336 e. The number of nitrogen functional groups attached to an aromatic ring is 2. The van der Waals surface area contributed by atoms with Gasteiger partial charge >= 0.3 is 5.97 Å². The summed E-state index contributed by atoms with van der Waals surface area (Å²) in [5.41, 5.74) is 13.5. The SMILES string of the molecule is CCCCCCOC(=O)C1=C(C)Nc2nc(N)nc(N)c2C1c1cccc([N+](=O)[O-])c1. The normalized spacial score (nSPS) is 15.2. The van der Waals surface area contributed by atoms with Crippen LogP contribution >= 0.6 is 0 Å². The Bertz CT molecular complexity index is 1040. The van der Waals surface area contributed by atoms with Gasteiger partial charge in [0.05, 0.1) is 23.0 Å². The van der Waals surface area contributed by atoms with Crippen molar-refractivity contribution >= 4 is 29.2 Å². The summed E-state index contributed by atoms with van der Waals surface area (Å²) in [6.07, 6.45) is 3.88. The number of carbonyl (C=O) groups excluding carboxylic acids is 1. The molecule has 3 rings (SSSR count). The molecule has 1 aromatic heterocycles. The Hall–Kier alpha value is -3.69. The van der Waals surface area contributed by atoms with Crippen molar-refractivity contribution in [3.05, 3.63) is 56.8 Å². The number of hydrogen-bond acceptors (Lipinski definition) is 9. The van der Waals surface area contributed by atoms with Crippen LogP contribution in [-0.2, 0) is 9.53 Å². The summed E-state index contributed by atoms with van der Waals surface area (Å²) in [6.45, 7) is 4.11. The molecule has 10 nitrogen and oxygen atoms in total. The summed E-state index contributed by atoms with van der Waals surface area (Å²) in [4.78, 5) is 32.1. The van der Waals surface area contributed by atoms with Crippen molar-refractivity contribution in [1.29, 1.82) is 0 Å². The number of carbonyl (C=O) groups is 1. The summed E-state index contributed by atoms with van der Waals surface area (Å²) < 4.78 is 5.53. The van der Waals surface area contributed by atoms with Crippen molar-refractivity contribution in [3.8, 4) is 0 Å². The van der Waals surface area contributed by atoms with E-state index in [0.29, 0.717) is 28.2 Å². The number of unbranched alkanes of at least 4 members (excludes halogenated alkanes) is 3. The zero-order valence-corrected chi connectivity index (χ0v) is 17.6. The fourth-order valence-corrected chi connectivity index (χ4v) is 3.68. The van der Waals surface area contributed by atoms with Gasteiger partial charge in [-0.15, -0.1) is 0 Å². The lowest BCUT2D eigenvalue weighted by atomic mass is 9.81. The zero-order chi connectivity index (χ0) is 22.5. The minimum absolute atomic E-state index is 0.0173. The minimum Gasteiger partial charge on any atom is -0.462 e. The number of esters is 1. The lowest BCUT2D eigenvalue weighted by Gasteiger charge is -2.30. The number of benzene rings is 1. The van der Waals surface area contributed by atoms with Gasteiger partial charge < -0.3 is 21.5 Å². The number of hydrogen-bond donors (Lipinski definition) is 3. The lowest BCUT2D eigenvalue weighted by molar-refractivity contribution is -0.384. The van der Waals surface area contributed by atoms with Gasteiger partial charge in [0, 0.05) is 23.4 Å². The highest BCUT2D eigenvalue weighted by atomic mass is 16.6. The van der Waals surface area contributed by atoms with Crippen LogP contribution in [0, 0.1) is 10.1 Å². The van der Waals surface area contributed by atoms with Crippen LogP contribution in [0.25, 0.3) is 0 Å². The van der Waals surface area contributed by atoms with Crippen molar-refractivity contribution in [3.63, 3.8) is 0 Å². The second-order valence-corrected chi connectivity index (χ2v) is 7.37. The number of allylic oxidation sites excluding steroid dienone is 1. The topological polar surface area (TPSA) is 159 Å². The Balaban J connectivity index is 2.04. The third-order valence-electron chi connectivity index (χ3n) is 5.15. The first kappa shape index (κ1) is 22.0. The van der Waals surface area contributed by atoms with Crippen LogP contribution in [-0.4, -0.2) is 27.5 Å². The molecule has 0 amide bonds. The maximum absolute atomic E-state index is 13.1. The number of nitrogens with one attached hydrogen (secondary N) is 1. The largest absolute Gasteiger partial charge is 0.462 e. The highest BCUT2D eigenvalue weighted by molar-refractivity contribution is 5.95. The summed E-state index contributed by atoms with van der Waals surface area (Å²) >= 11 is 0. The van der Waals surface area contributed by atoms with Gasteiger partial charge in [-0.3, -0.25) is 10.1 Å². The molecule has 2 heterocycles. The maximum atomic E-state index is 13.1. The van der Waals surface area contributed by atoms with Gasteiger partial charge in [0.15, 0.2) is 0 Å². The van der Waals surface area contributed by atoms with Crippen LogP contribution in [0.5, 0.6) is 0 Å². The second kappa shape index (κ2) is 9.41. The number of rotatable bonds is 8. The van der Waals surface area contributed by atoms with E-state index in [9.17, 15) is 14.9 Å². The van der Waals surface area contributed by atoms with Crippen LogP contribution in [0.1, 0.15) is 56.6 Å². The van der Waals surface area contributed by atoms with E-state index in [-0.39, 0.29) is 24.1 Å². The summed E-state index contributed by atoms with van der Waals surface area (Å²) in [7, 11) is 0. The first-order chi connectivity index (χ1) is 14.8. The molecule has 31 heavy (non-hydrogen) atoms. The van der Waals surface area contributed by atoms with E-state index in [2.05, 4.69) is 22.2 Å². The maximum Gasteiger partial charge on any atom is 0.336 e.